The van der Waals surface area contributed by atoms with Gasteiger partial charge in [0.15, 0.2) is 5.69 Å². The number of imidazole rings is 1. The maximum atomic E-state index is 12.5. The lowest BCUT2D eigenvalue weighted by Crippen LogP contribution is -2.36. The van der Waals surface area contributed by atoms with Crippen LogP contribution in [0.1, 0.15) is 10.5 Å². The Kier molecular flexibility index (Phi) is 5.58. The summed E-state index contributed by atoms with van der Waals surface area (Å²) >= 11 is 0. The van der Waals surface area contributed by atoms with Crippen molar-refractivity contribution in [3.05, 3.63) is 24.0 Å². The number of carbonyl (C=O) groups is 1. The van der Waals surface area contributed by atoms with Crippen LogP contribution in [-0.4, -0.2) is 78.0 Å². The van der Waals surface area contributed by atoms with Gasteiger partial charge in [0.1, 0.15) is 16.8 Å². The highest BCUT2D eigenvalue weighted by Crippen LogP contribution is 2.33. The van der Waals surface area contributed by atoms with Crippen molar-refractivity contribution in [2.24, 2.45) is 0 Å². The Labute approximate surface area is 166 Å². The molecule has 1 fully saturated rings. The Hall–Kier alpha value is -3.18. The average Bonchev–Trinajstić information content (AvgIpc) is 3.39. The number of H-pyrrole nitrogens is 1. The van der Waals surface area contributed by atoms with Crippen molar-refractivity contribution in [2.45, 2.75) is 6.54 Å². The molecule has 1 aliphatic rings. The molecule has 0 unspecified atom stereocenters. The van der Waals surface area contributed by atoms with E-state index in [1.54, 1.807) is 25.1 Å². The largest absolute Gasteiger partial charge is 0.494 e. The van der Waals surface area contributed by atoms with Gasteiger partial charge in [-0.3, -0.25) is 10.1 Å². The van der Waals surface area contributed by atoms with Gasteiger partial charge >= 0.3 is 0 Å². The van der Waals surface area contributed by atoms with Gasteiger partial charge in [-0.15, -0.1) is 5.10 Å². The van der Waals surface area contributed by atoms with Crippen LogP contribution < -0.4 is 15.0 Å². The zero-order valence-electron chi connectivity index (χ0n) is 16.3. The lowest BCUT2D eigenvalue weighted by molar-refractivity contribution is 0.102. The van der Waals surface area contributed by atoms with Gasteiger partial charge in [0.2, 0.25) is 5.95 Å². The van der Waals surface area contributed by atoms with Crippen molar-refractivity contribution in [1.82, 2.24) is 25.0 Å². The third-order valence-electron chi connectivity index (χ3n) is 4.68. The summed E-state index contributed by atoms with van der Waals surface area (Å²) in [6.07, 6.45) is 1.57. The number of carbonyl (C=O) groups excluding carboxylic acids is 1. The number of nitrogens with zero attached hydrogens (tertiary/aromatic N) is 5. The number of hydrogen-bond donors (Lipinski definition) is 2. The molecule has 11 nitrogen and oxygen atoms in total. The lowest BCUT2D eigenvalue weighted by Gasteiger charge is -2.29. The van der Waals surface area contributed by atoms with Gasteiger partial charge in [0.25, 0.3) is 5.91 Å². The maximum absolute atomic E-state index is 12.5. The molecular weight excluding hydrogens is 378 g/mol. The van der Waals surface area contributed by atoms with Crippen LogP contribution >= 0.6 is 0 Å². The summed E-state index contributed by atoms with van der Waals surface area (Å²) in [5, 5.41) is 10.6. The maximum Gasteiger partial charge on any atom is 0.280 e. The molecule has 0 spiro atoms. The fourth-order valence-corrected chi connectivity index (χ4v) is 3.21. The van der Waals surface area contributed by atoms with E-state index in [9.17, 15) is 4.79 Å². The first-order chi connectivity index (χ1) is 14.2. The Morgan fingerprint density at radius 1 is 1.31 bits per heavy atom. The monoisotopic (exact) mass is 401 g/mol. The molecule has 154 valence electrons. The van der Waals surface area contributed by atoms with Gasteiger partial charge in [0.05, 0.1) is 45.4 Å². The summed E-state index contributed by atoms with van der Waals surface area (Å²) in [6, 6.07) is 3.86. The second kappa shape index (κ2) is 8.45. The van der Waals surface area contributed by atoms with Crippen LogP contribution in [0.25, 0.3) is 11.0 Å². The summed E-state index contributed by atoms with van der Waals surface area (Å²) in [5.74, 6) is 0.561. The second-order valence-corrected chi connectivity index (χ2v) is 6.51. The SMILES string of the molecule is COCCn1cc(C(=O)Nc2nc3c(N4CCOCC4)ccc(OC)c3[nH]2)nn1. The fourth-order valence-electron chi connectivity index (χ4n) is 3.21. The van der Waals surface area contributed by atoms with Crippen LogP contribution in [0.3, 0.4) is 0 Å². The summed E-state index contributed by atoms with van der Waals surface area (Å²) in [4.78, 5) is 22.5. The Bertz CT molecular complexity index is 993. The van der Waals surface area contributed by atoms with Gasteiger partial charge in [0, 0.05) is 20.2 Å². The number of benzene rings is 1. The fraction of sp³-hybridized carbons (Fsp3) is 0.444. The smallest absolute Gasteiger partial charge is 0.280 e. The number of morpholine rings is 1. The number of nitrogens with one attached hydrogen (secondary N) is 2. The molecule has 0 radical (unpaired) electrons. The summed E-state index contributed by atoms with van der Waals surface area (Å²) < 4.78 is 17.4. The first-order valence-corrected chi connectivity index (χ1v) is 9.29. The number of aromatic amines is 1. The molecule has 1 aliphatic heterocycles. The number of aromatic nitrogens is 5. The Morgan fingerprint density at radius 2 is 2.14 bits per heavy atom. The number of fused-ring (bicyclic) bond motifs is 1. The Balaban J connectivity index is 1.59. The molecule has 0 saturated carbocycles. The van der Waals surface area contributed by atoms with E-state index in [4.69, 9.17) is 14.2 Å². The average molecular weight is 401 g/mol. The molecular formula is C18H23N7O4. The third kappa shape index (κ3) is 4.00. The standard InChI is InChI=1S/C18H23N7O4/c1-27-8-7-25-11-12(22-23-25)17(26)21-18-19-15-13(24-5-9-29-10-6-24)3-4-14(28-2)16(15)20-18/h3-4,11H,5-10H2,1-2H3,(H2,19,20,21,26). The highest BCUT2D eigenvalue weighted by Gasteiger charge is 2.20. The zero-order chi connectivity index (χ0) is 20.2. The van der Waals surface area contributed by atoms with E-state index >= 15 is 0 Å². The van der Waals surface area contributed by atoms with Crippen molar-refractivity contribution in [2.75, 3.05) is 57.3 Å². The quantitative estimate of drug-likeness (QED) is 0.599. The van der Waals surface area contributed by atoms with Crippen LogP contribution in [0.2, 0.25) is 0 Å². The number of methoxy groups -OCH3 is 2. The van der Waals surface area contributed by atoms with E-state index in [1.807, 2.05) is 12.1 Å². The van der Waals surface area contributed by atoms with Crippen molar-refractivity contribution in [3.63, 3.8) is 0 Å². The number of rotatable bonds is 7. The van der Waals surface area contributed by atoms with Gasteiger partial charge in [-0.05, 0) is 12.1 Å². The molecule has 4 rings (SSSR count). The molecule has 3 heterocycles. The van der Waals surface area contributed by atoms with E-state index in [0.717, 1.165) is 29.8 Å². The minimum Gasteiger partial charge on any atom is -0.494 e. The molecule has 2 N–H and O–H groups in total. The summed E-state index contributed by atoms with van der Waals surface area (Å²) in [7, 11) is 3.20. The van der Waals surface area contributed by atoms with Gasteiger partial charge in [-0.2, -0.15) is 0 Å². The van der Waals surface area contributed by atoms with Crippen LogP contribution in [0.15, 0.2) is 18.3 Å². The minimum atomic E-state index is -0.403. The van der Waals surface area contributed by atoms with Crippen LogP contribution in [0.5, 0.6) is 5.75 Å². The third-order valence-corrected chi connectivity index (χ3v) is 4.68. The number of hydrogen-bond acceptors (Lipinski definition) is 8. The predicted octanol–water partition coefficient (Wildman–Crippen LogP) is 0.898. The molecule has 0 bridgehead atoms. The lowest BCUT2D eigenvalue weighted by atomic mass is 10.2. The highest BCUT2D eigenvalue weighted by atomic mass is 16.5. The van der Waals surface area contributed by atoms with Gasteiger partial charge in [-0.1, -0.05) is 5.21 Å². The van der Waals surface area contributed by atoms with Gasteiger partial charge < -0.3 is 24.1 Å². The van der Waals surface area contributed by atoms with Crippen molar-refractivity contribution in [3.8, 4) is 5.75 Å². The molecule has 1 aromatic carbocycles. The second-order valence-electron chi connectivity index (χ2n) is 6.51. The molecule has 1 saturated heterocycles. The Morgan fingerprint density at radius 3 is 2.90 bits per heavy atom. The topological polar surface area (TPSA) is 119 Å². The van der Waals surface area contributed by atoms with E-state index < -0.39 is 5.91 Å². The van der Waals surface area contributed by atoms with Crippen molar-refractivity contribution >= 4 is 28.6 Å². The van der Waals surface area contributed by atoms with Gasteiger partial charge in [-0.25, -0.2) is 9.67 Å². The predicted molar refractivity (Wildman–Crippen MR) is 106 cm³/mol. The van der Waals surface area contributed by atoms with Crippen molar-refractivity contribution < 1.29 is 19.0 Å². The normalized spacial score (nSPS) is 14.3. The first-order valence-electron chi connectivity index (χ1n) is 9.29. The number of amides is 1. The van der Waals surface area contributed by atoms with E-state index in [-0.39, 0.29) is 5.69 Å². The van der Waals surface area contributed by atoms with Crippen LogP contribution in [0, 0.1) is 0 Å². The number of ether oxygens (including phenoxy) is 3. The molecule has 2 aromatic heterocycles. The van der Waals surface area contributed by atoms with Crippen LogP contribution in [0.4, 0.5) is 11.6 Å². The molecule has 0 aliphatic carbocycles. The first kappa shape index (κ1) is 19.2. The minimum absolute atomic E-state index is 0.196. The van der Waals surface area contributed by atoms with E-state index in [0.29, 0.717) is 38.1 Å². The summed E-state index contributed by atoms with van der Waals surface area (Å²) in [5.41, 5.74) is 2.61. The molecule has 1 amide bonds. The van der Waals surface area contributed by atoms with Crippen molar-refractivity contribution in [1.29, 1.82) is 0 Å². The number of anilines is 2. The molecule has 0 atom stereocenters. The zero-order valence-corrected chi connectivity index (χ0v) is 16.3. The van der Waals surface area contributed by atoms with E-state index in [2.05, 4.69) is 30.5 Å². The van der Waals surface area contributed by atoms with E-state index in [1.165, 1.54) is 0 Å². The molecule has 11 heteroatoms. The van der Waals surface area contributed by atoms with Crippen LogP contribution in [-0.2, 0) is 16.0 Å². The summed E-state index contributed by atoms with van der Waals surface area (Å²) in [6.45, 7) is 3.89. The molecule has 3 aromatic rings. The molecule has 29 heavy (non-hydrogen) atoms. The highest BCUT2D eigenvalue weighted by molar-refractivity contribution is 6.03.